The van der Waals surface area contributed by atoms with Gasteiger partial charge in [0.1, 0.15) is 24.0 Å². The maximum absolute atomic E-state index is 15.0. The molecule has 2 aliphatic rings. The van der Waals surface area contributed by atoms with E-state index >= 15 is 0 Å². The average molecular weight is 540 g/mol. The quantitative estimate of drug-likeness (QED) is 0.367. The number of hydrogen-bond donors (Lipinski definition) is 2. The van der Waals surface area contributed by atoms with Gasteiger partial charge in [-0.3, -0.25) is 4.21 Å². The Morgan fingerprint density at radius 3 is 2.13 bits per heavy atom. The van der Waals surface area contributed by atoms with E-state index in [1.807, 2.05) is 48.5 Å². The molecule has 0 saturated carbocycles. The van der Waals surface area contributed by atoms with Crippen molar-refractivity contribution in [3.05, 3.63) is 66.5 Å². The molecule has 4 atom stereocenters. The second-order valence-corrected chi connectivity index (χ2v) is 10.8. The summed E-state index contributed by atoms with van der Waals surface area (Å²) in [6, 6.07) is 18.5. The van der Waals surface area contributed by atoms with Crippen molar-refractivity contribution in [1.82, 2.24) is 9.97 Å². The van der Waals surface area contributed by atoms with Gasteiger partial charge >= 0.3 is 0 Å². The minimum Gasteiger partial charge on any atom is -0.470 e. The predicted octanol–water partition coefficient (Wildman–Crippen LogP) is 4.17. The summed E-state index contributed by atoms with van der Waals surface area (Å²) in [6.45, 7) is 0.879. The Labute approximate surface area is 222 Å². The van der Waals surface area contributed by atoms with E-state index in [2.05, 4.69) is 9.97 Å². The van der Waals surface area contributed by atoms with Crippen LogP contribution in [0, 0.1) is 5.82 Å². The van der Waals surface area contributed by atoms with Gasteiger partial charge in [-0.15, -0.1) is 0 Å². The first-order chi connectivity index (χ1) is 18.3. The van der Waals surface area contributed by atoms with Gasteiger partial charge in [0, 0.05) is 53.8 Å². The fraction of sp³-hybridized carbons (Fsp3) is 0.321. The van der Waals surface area contributed by atoms with Gasteiger partial charge in [0.05, 0.1) is 24.2 Å². The summed E-state index contributed by atoms with van der Waals surface area (Å²) in [7, 11) is 1.04. The van der Waals surface area contributed by atoms with Crippen molar-refractivity contribution in [3.63, 3.8) is 0 Å². The van der Waals surface area contributed by atoms with Gasteiger partial charge in [0.25, 0.3) is 0 Å². The highest BCUT2D eigenvalue weighted by Crippen LogP contribution is 2.33. The minimum atomic E-state index is -0.611. The van der Waals surface area contributed by atoms with Crippen molar-refractivity contribution in [1.29, 1.82) is 0 Å². The third kappa shape index (κ3) is 5.58. The zero-order valence-corrected chi connectivity index (χ0v) is 22.2. The number of rotatable bonds is 5. The van der Waals surface area contributed by atoms with Crippen LogP contribution in [-0.4, -0.2) is 71.4 Å². The number of nitrogen functional groups attached to an aromatic ring is 1. The Morgan fingerprint density at radius 2 is 1.50 bits per heavy atom. The second-order valence-electron chi connectivity index (χ2n) is 9.35. The molecule has 0 spiro atoms. The summed E-state index contributed by atoms with van der Waals surface area (Å²) in [5, 5.41) is 0. The molecule has 8 nitrogen and oxygen atoms in total. The first kappa shape index (κ1) is 26.3. The average Bonchev–Trinajstić information content (AvgIpc) is 3.59. The normalized spacial score (nSPS) is 22.3. The molecule has 0 aliphatic carbocycles. The van der Waals surface area contributed by atoms with Gasteiger partial charge in [-0.1, -0.05) is 36.4 Å². The summed E-state index contributed by atoms with van der Waals surface area (Å²) in [5.41, 5.74) is 10.7. The molecule has 1 unspecified atom stereocenters. The van der Waals surface area contributed by atoms with E-state index in [4.69, 9.17) is 24.7 Å². The molecule has 2 aromatic heterocycles. The highest BCUT2D eigenvalue weighted by molar-refractivity contribution is 7.83. The van der Waals surface area contributed by atoms with E-state index in [-0.39, 0.29) is 30.1 Å². The van der Waals surface area contributed by atoms with Gasteiger partial charge in [-0.2, -0.15) is 0 Å². The highest BCUT2D eigenvalue weighted by Gasteiger charge is 2.49. The standard InChI is InChI=1S/C26H24FN3O4.C2H6OS/c1-31-21-12-32-26-22(13-33-25(21)26)34-23-11-20-19(29-23)10-18(27)24(30-20)16-4-2-14(3-5-16)15-6-8-17(28)9-7-15;1-4(2)3/h2-11,21-22,25-26,29H,12-13,28H2,1H3;1-2H3/t21-,22-,25?,26-;/m1./s1. The summed E-state index contributed by atoms with van der Waals surface area (Å²) in [4.78, 5) is 7.67. The summed E-state index contributed by atoms with van der Waals surface area (Å²) in [5.74, 6) is 0.0870. The number of nitrogens with zero attached hydrogens (tertiary/aromatic N) is 1. The number of nitrogens with one attached hydrogen (secondary N) is 1. The lowest BCUT2D eigenvalue weighted by atomic mass is 10.0. The number of fused-ring (bicyclic) bond motifs is 2. The van der Waals surface area contributed by atoms with Crippen LogP contribution in [0.4, 0.5) is 10.1 Å². The van der Waals surface area contributed by atoms with E-state index in [0.29, 0.717) is 41.4 Å². The van der Waals surface area contributed by atoms with Crippen molar-refractivity contribution in [3.8, 4) is 28.3 Å². The van der Waals surface area contributed by atoms with E-state index < -0.39 is 16.6 Å². The maximum atomic E-state index is 15.0. The molecule has 2 aliphatic heterocycles. The molecule has 6 rings (SSSR count). The van der Waals surface area contributed by atoms with Crippen molar-refractivity contribution in [2.75, 3.05) is 38.6 Å². The van der Waals surface area contributed by atoms with Crippen molar-refractivity contribution >= 4 is 27.5 Å². The Hall–Kier alpha value is -3.31. The van der Waals surface area contributed by atoms with E-state index in [1.54, 1.807) is 25.7 Å². The van der Waals surface area contributed by atoms with Gasteiger partial charge in [0.2, 0.25) is 0 Å². The van der Waals surface area contributed by atoms with Crippen LogP contribution < -0.4 is 10.5 Å². The minimum absolute atomic E-state index is 0.0916. The van der Waals surface area contributed by atoms with Crippen LogP contribution in [0.1, 0.15) is 0 Å². The summed E-state index contributed by atoms with van der Waals surface area (Å²) >= 11 is 0. The Bertz CT molecular complexity index is 1420. The molecule has 0 radical (unpaired) electrons. The molecule has 0 bridgehead atoms. The SMILES string of the molecule is CO[C@@H]1CO[C@H]2C1OC[C@H]2Oc1cc2nc(-c3ccc(-c4ccc(N)cc4)cc3)c(F)cc2[nH]1.CS(C)=O. The zero-order chi connectivity index (χ0) is 26.8. The largest absolute Gasteiger partial charge is 0.470 e. The Balaban J connectivity index is 0.000000689. The molecule has 10 heteroatoms. The lowest BCUT2D eigenvalue weighted by Gasteiger charge is -2.16. The van der Waals surface area contributed by atoms with Crippen LogP contribution in [0.15, 0.2) is 60.7 Å². The lowest BCUT2D eigenvalue weighted by molar-refractivity contribution is -0.0141. The number of nitrogens with two attached hydrogens (primary N) is 1. The molecule has 2 aromatic carbocycles. The van der Waals surface area contributed by atoms with Crippen LogP contribution >= 0.6 is 0 Å². The first-order valence-corrected chi connectivity index (χ1v) is 14.1. The second kappa shape index (κ2) is 11.2. The van der Waals surface area contributed by atoms with Crippen LogP contribution in [-0.2, 0) is 25.0 Å². The number of pyridine rings is 1. The first-order valence-electron chi connectivity index (χ1n) is 12.2. The van der Waals surface area contributed by atoms with Gasteiger partial charge < -0.3 is 29.7 Å². The molecule has 38 heavy (non-hydrogen) atoms. The topological polar surface area (TPSA) is 109 Å². The molecule has 3 N–H and O–H groups in total. The molecule has 2 saturated heterocycles. The van der Waals surface area contributed by atoms with E-state index in [0.717, 1.165) is 11.1 Å². The summed E-state index contributed by atoms with van der Waals surface area (Å²) < 4.78 is 47.6. The molecular formula is C28H30FN3O5S. The van der Waals surface area contributed by atoms with Crippen LogP contribution in [0.2, 0.25) is 0 Å². The van der Waals surface area contributed by atoms with Crippen molar-refractivity contribution in [2.24, 2.45) is 0 Å². The predicted molar refractivity (Wildman–Crippen MR) is 146 cm³/mol. The Kier molecular flexibility index (Phi) is 7.75. The van der Waals surface area contributed by atoms with E-state index in [9.17, 15) is 8.60 Å². The number of H-pyrrole nitrogens is 1. The van der Waals surface area contributed by atoms with Crippen LogP contribution in [0.3, 0.4) is 0 Å². The highest BCUT2D eigenvalue weighted by atomic mass is 32.2. The van der Waals surface area contributed by atoms with Gasteiger partial charge in [0.15, 0.2) is 17.8 Å². The molecule has 0 amide bonds. The van der Waals surface area contributed by atoms with Crippen LogP contribution in [0.5, 0.6) is 5.88 Å². The third-order valence-electron chi connectivity index (χ3n) is 6.48. The number of halogens is 1. The van der Waals surface area contributed by atoms with Gasteiger partial charge in [-0.25, -0.2) is 9.37 Å². The molecule has 200 valence electrons. The molecular weight excluding hydrogens is 509 g/mol. The number of methoxy groups -OCH3 is 1. The fourth-order valence-electron chi connectivity index (χ4n) is 4.66. The summed E-state index contributed by atoms with van der Waals surface area (Å²) in [6.07, 6.45) is 2.57. The fourth-order valence-corrected chi connectivity index (χ4v) is 4.66. The Morgan fingerprint density at radius 1 is 0.947 bits per heavy atom. The molecule has 4 heterocycles. The number of anilines is 1. The van der Waals surface area contributed by atoms with Crippen molar-refractivity contribution in [2.45, 2.75) is 24.4 Å². The zero-order valence-electron chi connectivity index (χ0n) is 21.3. The van der Waals surface area contributed by atoms with Crippen molar-refractivity contribution < 1.29 is 27.5 Å². The molecule has 4 aromatic rings. The number of ether oxygens (including phenoxy) is 4. The van der Waals surface area contributed by atoms with E-state index in [1.165, 1.54) is 6.07 Å². The third-order valence-corrected chi connectivity index (χ3v) is 6.48. The number of hydrogen-bond acceptors (Lipinski definition) is 7. The number of benzene rings is 2. The lowest BCUT2D eigenvalue weighted by Crippen LogP contribution is -2.35. The van der Waals surface area contributed by atoms with Gasteiger partial charge in [-0.05, 0) is 23.3 Å². The number of aromatic nitrogens is 2. The smallest absolute Gasteiger partial charge is 0.193 e. The maximum Gasteiger partial charge on any atom is 0.193 e. The van der Waals surface area contributed by atoms with Crippen LogP contribution in [0.25, 0.3) is 33.4 Å². The monoisotopic (exact) mass is 539 g/mol. The molecule has 2 fully saturated rings. The number of aromatic amines is 1.